The van der Waals surface area contributed by atoms with E-state index < -0.39 is 6.04 Å². The quantitative estimate of drug-likeness (QED) is 0.868. The first-order chi connectivity index (χ1) is 7.95. The van der Waals surface area contributed by atoms with Crippen molar-refractivity contribution in [3.05, 3.63) is 28.8 Å². The first kappa shape index (κ1) is 14.0. The number of carbonyl (C=O) groups is 1. The molecule has 0 aliphatic carbocycles. The van der Waals surface area contributed by atoms with Gasteiger partial charge < -0.3 is 11.1 Å². The highest BCUT2D eigenvalue weighted by Gasteiger charge is 2.20. The first-order valence-electron chi connectivity index (χ1n) is 5.78. The molecular formula is C13H19ClN2O. The molecular weight excluding hydrogens is 236 g/mol. The minimum Gasteiger partial charge on any atom is -0.323 e. The molecule has 94 valence electrons. The summed E-state index contributed by atoms with van der Waals surface area (Å²) >= 11 is 6.00. The van der Waals surface area contributed by atoms with Gasteiger partial charge in [0.05, 0.1) is 16.8 Å². The molecule has 1 aromatic rings. The van der Waals surface area contributed by atoms with E-state index in [1.54, 1.807) is 6.07 Å². The van der Waals surface area contributed by atoms with E-state index in [4.69, 9.17) is 17.3 Å². The van der Waals surface area contributed by atoms with Gasteiger partial charge in [-0.15, -0.1) is 0 Å². The van der Waals surface area contributed by atoms with Gasteiger partial charge in [0.25, 0.3) is 0 Å². The highest BCUT2D eigenvalue weighted by molar-refractivity contribution is 6.33. The fourth-order valence-electron chi connectivity index (χ4n) is 1.46. The average Bonchev–Trinajstić information content (AvgIpc) is 2.31. The van der Waals surface area contributed by atoms with Crippen molar-refractivity contribution in [2.24, 2.45) is 11.7 Å². The number of aryl methyl sites for hydroxylation is 1. The van der Waals surface area contributed by atoms with Crippen molar-refractivity contribution in [1.29, 1.82) is 0 Å². The van der Waals surface area contributed by atoms with Crippen LogP contribution in [0.25, 0.3) is 0 Å². The maximum absolute atomic E-state index is 11.9. The van der Waals surface area contributed by atoms with Crippen LogP contribution in [-0.2, 0) is 4.79 Å². The summed E-state index contributed by atoms with van der Waals surface area (Å²) in [6.45, 7) is 5.92. The predicted octanol–water partition coefficient (Wildman–Crippen LogP) is 2.96. The van der Waals surface area contributed by atoms with Gasteiger partial charge in [0.1, 0.15) is 0 Å². The van der Waals surface area contributed by atoms with Gasteiger partial charge in [-0.3, -0.25) is 4.79 Å². The van der Waals surface area contributed by atoms with Gasteiger partial charge in [0.2, 0.25) is 5.91 Å². The highest BCUT2D eigenvalue weighted by atomic mass is 35.5. The van der Waals surface area contributed by atoms with Crippen molar-refractivity contribution in [1.82, 2.24) is 0 Å². The molecule has 2 atom stereocenters. The van der Waals surface area contributed by atoms with Crippen molar-refractivity contribution in [3.8, 4) is 0 Å². The smallest absolute Gasteiger partial charge is 0.241 e. The lowest BCUT2D eigenvalue weighted by atomic mass is 9.99. The first-order valence-corrected chi connectivity index (χ1v) is 6.16. The van der Waals surface area contributed by atoms with Crippen LogP contribution in [-0.4, -0.2) is 11.9 Å². The van der Waals surface area contributed by atoms with E-state index >= 15 is 0 Å². The number of rotatable bonds is 4. The average molecular weight is 255 g/mol. The second kappa shape index (κ2) is 6.03. The summed E-state index contributed by atoms with van der Waals surface area (Å²) in [4.78, 5) is 11.9. The number of anilines is 1. The molecule has 0 fully saturated rings. The summed E-state index contributed by atoms with van der Waals surface area (Å²) in [5.74, 6) is -0.0366. The minimum absolute atomic E-state index is 0.151. The fraction of sp³-hybridized carbons (Fsp3) is 0.462. The normalized spacial score (nSPS) is 14.2. The van der Waals surface area contributed by atoms with Crippen LogP contribution in [0.2, 0.25) is 5.02 Å². The zero-order valence-electron chi connectivity index (χ0n) is 10.5. The van der Waals surface area contributed by atoms with E-state index in [9.17, 15) is 4.79 Å². The third kappa shape index (κ3) is 3.72. The molecule has 1 rings (SSSR count). The van der Waals surface area contributed by atoms with Gasteiger partial charge in [-0.05, 0) is 30.5 Å². The second-order valence-electron chi connectivity index (χ2n) is 4.38. The summed E-state index contributed by atoms with van der Waals surface area (Å²) in [6, 6.07) is 4.99. The van der Waals surface area contributed by atoms with Crippen LogP contribution in [0.3, 0.4) is 0 Å². The summed E-state index contributed by atoms with van der Waals surface area (Å²) < 4.78 is 0. The Labute approximate surface area is 107 Å². The van der Waals surface area contributed by atoms with Gasteiger partial charge >= 0.3 is 0 Å². The molecule has 0 bridgehead atoms. The molecule has 0 heterocycles. The third-order valence-electron chi connectivity index (χ3n) is 2.94. The molecule has 0 aliphatic heterocycles. The van der Waals surface area contributed by atoms with Crippen molar-refractivity contribution in [2.45, 2.75) is 33.2 Å². The topological polar surface area (TPSA) is 55.1 Å². The molecule has 1 aromatic carbocycles. The van der Waals surface area contributed by atoms with Crippen LogP contribution in [0.5, 0.6) is 0 Å². The lowest BCUT2D eigenvalue weighted by molar-refractivity contribution is -0.118. The Bertz CT molecular complexity index is 406. The number of halogens is 1. The summed E-state index contributed by atoms with van der Waals surface area (Å²) in [5, 5.41) is 3.30. The third-order valence-corrected chi connectivity index (χ3v) is 3.27. The SMILES string of the molecule is CCC(C)[C@H](N)C(=O)Nc1cc(C)ccc1Cl. The molecule has 3 nitrogen and oxygen atoms in total. The number of hydrogen-bond donors (Lipinski definition) is 2. The Morgan fingerprint density at radius 1 is 1.53 bits per heavy atom. The molecule has 17 heavy (non-hydrogen) atoms. The Morgan fingerprint density at radius 2 is 2.18 bits per heavy atom. The van der Waals surface area contributed by atoms with E-state index in [0.29, 0.717) is 10.7 Å². The van der Waals surface area contributed by atoms with Crippen LogP contribution in [0, 0.1) is 12.8 Å². The summed E-state index contributed by atoms with van der Waals surface area (Å²) in [5.41, 5.74) is 7.52. The maximum atomic E-state index is 11.9. The van der Waals surface area contributed by atoms with Crippen LogP contribution < -0.4 is 11.1 Å². The molecule has 1 amide bonds. The highest BCUT2D eigenvalue weighted by Crippen LogP contribution is 2.23. The van der Waals surface area contributed by atoms with Gasteiger partial charge in [0, 0.05) is 0 Å². The summed E-state index contributed by atoms with van der Waals surface area (Å²) in [7, 11) is 0. The van der Waals surface area contributed by atoms with Gasteiger partial charge in [-0.1, -0.05) is 37.9 Å². The van der Waals surface area contributed by atoms with E-state index in [1.165, 1.54) is 0 Å². The van der Waals surface area contributed by atoms with Crippen molar-refractivity contribution < 1.29 is 4.79 Å². The number of nitrogens with two attached hydrogens (primary N) is 1. The molecule has 1 unspecified atom stereocenters. The minimum atomic E-state index is -0.503. The van der Waals surface area contributed by atoms with Gasteiger partial charge in [-0.2, -0.15) is 0 Å². The molecule has 0 saturated carbocycles. The number of nitrogens with one attached hydrogen (secondary N) is 1. The zero-order chi connectivity index (χ0) is 13.0. The number of hydrogen-bond acceptors (Lipinski definition) is 2. The lowest BCUT2D eigenvalue weighted by Gasteiger charge is -2.18. The Morgan fingerprint density at radius 3 is 2.76 bits per heavy atom. The van der Waals surface area contributed by atoms with Crippen molar-refractivity contribution in [3.63, 3.8) is 0 Å². The number of benzene rings is 1. The summed E-state index contributed by atoms with van der Waals surface area (Å²) in [6.07, 6.45) is 0.871. The second-order valence-corrected chi connectivity index (χ2v) is 4.79. The van der Waals surface area contributed by atoms with Crippen LogP contribution in [0.4, 0.5) is 5.69 Å². The van der Waals surface area contributed by atoms with Crippen molar-refractivity contribution in [2.75, 3.05) is 5.32 Å². The lowest BCUT2D eigenvalue weighted by Crippen LogP contribution is -2.40. The van der Waals surface area contributed by atoms with E-state index in [0.717, 1.165) is 12.0 Å². The van der Waals surface area contributed by atoms with Crippen molar-refractivity contribution >= 4 is 23.2 Å². The van der Waals surface area contributed by atoms with E-state index in [2.05, 4.69) is 5.32 Å². The zero-order valence-corrected chi connectivity index (χ0v) is 11.2. The Balaban J connectivity index is 2.77. The predicted molar refractivity (Wildman–Crippen MR) is 72.2 cm³/mol. The van der Waals surface area contributed by atoms with Crippen LogP contribution in [0.15, 0.2) is 18.2 Å². The standard InChI is InChI=1S/C13H19ClN2O/c1-4-9(3)12(15)13(17)16-11-7-8(2)5-6-10(11)14/h5-7,9,12H,4,15H2,1-3H3,(H,16,17)/t9?,12-/m0/s1. The molecule has 3 N–H and O–H groups in total. The monoisotopic (exact) mass is 254 g/mol. The maximum Gasteiger partial charge on any atom is 0.241 e. The molecule has 0 spiro atoms. The Kier molecular flexibility index (Phi) is 4.97. The molecule has 0 radical (unpaired) electrons. The van der Waals surface area contributed by atoms with E-state index in [1.807, 2.05) is 32.9 Å². The van der Waals surface area contributed by atoms with Crippen LogP contribution >= 0.6 is 11.6 Å². The Hall–Kier alpha value is -1.06. The largest absolute Gasteiger partial charge is 0.323 e. The van der Waals surface area contributed by atoms with Gasteiger partial charge in [0.15, 0.2) is 0 Å². The molecule has 0 aromatic heterocycles. The molecule has 0 saturated heterocycles. The van der Waals surface area contributed by atoms with Crippen LogP contribution in [0.1, 0.15) is 25.8 Å². The van der Waals surface area contributed by atoms with Gasteiger partial charge in [-0.25, -0.2) is 0 Å². The van der Waals surface area contributed by atoms with E-state index in [-0.39, 0.29) is 11.8 Å². The molecule has 4 heteroatoms. The molecule has 0 aliphatic rings. The number of carbonyl (C=O) groups excluding carboxylic acids is 1. The number of amides is 1. The fourth-order valence-corrected chi connectivity index (χ4v) is 1.63.